The van der Waals surface area contributed by atoms with E-state index in [9.17, 15) is 0 Å². The number of fused-ring (bicyclic) bond motifs is 8. The lowest BCUT2D eigenvalue weighted by molar-refractivity contribution is 0.639. The Morgan fingerprint density at radius 2 is 1.77 bits per heavy atom. The number of rotatable bonds is 0. The molecule has 1 aliphatic carbocycles. The van der Waals surface area contributed by atoms with E-state index in [1.807, 2.05) is 0 Å². The maximum Gasteiger partial charge on any atom is 0.122 e. The van der Waals surface area contributed by atoms with Gasteiger partial charge in [-0.25, -0.2) is 4.98 Å². The normalized spacial score (nSPS) is 21.5. The van der Waals surface area contributed by atoms with Gasteiger partial charge in [0.15, 0.2) is 0 Å². The standard InChI is InChI=1S/C20H16N2/c1-13-10-11-15-14-6-2-3-7-16(14)20-21-17-8-4-5-9-18(17)22(20)19(15)12-13/h2-12,14,16H,1H3. The van der Waals surface area contributed by atoms with Crippen molar-refractivity contribution in [2.45, 2.75) is 18.8 Å². The number of aromatic nitrogens is 2. The molecule has 2 atom stereocenters. The molecule has 0 bridgehead atoms. The third-order valence-corrected chi connectivity index (χ3v) is 4.81. The van der Waals surface area contributed by atoms with Crippen molar-refractivity contribution in [1.82, 2.24) is 9.55 Å². The summed E-state index contributed by atoms with van der Waals surface area (Å²) < 4.78 is 2.35. The molecule has 2 heterocycles. The molecule has 0 amide bonds. The van der Waals surface area contributed by atoms with Crippen LogP contribution in [0.15, 0.2) is 66.8 Å². The van der Waals surface area contributed by atoms with Gasteiger partial charge in [-0.05, 0) is 36.2 Å². The average molecular weight is 284 g/mol. The molecule has 106 valence electrons. The lowest BCUT2D eigenvalue weighted by Crippen LogP contribution is -2.21. The predicted octanol–water partition coefficient (Wildman–Crippen LogP) is 4.64. The lowest BCUT2D eigenvalue weighted by Gasteiger charge is -2.32. The molecule has 2 nitrogen and oxygen atoms in total. The van der Waals surface area contributed by atoms with Crippen LogP contribution in [-0.2, 0) is 0 Å². The molecule has 0 spiro atoms. The maximum atomic E-state index is 4.94. The number of allylic oxidation sites excluding steroid dienone is 4. The molecular formula is C20H16N2. The predicted molar refractivity (Wildman–Crippen MR) is 89.6 cm³/mol. The molecule has 3 aromatic rings. The second-order valence-corrected chi connectivity index (χ2v) is 6.18. The monoisotopic (exact) mass is 284 g/mol. The largest absolute Gasteiger partial charge is 0.295 e. The summed E-state index contributed by atoms with van der Waals surface area (Å²) in [6, 6.07) is 15.2. The van der Waals surface area contributed by atoms with Gasteiger partial charge in [-0.3, -0.25) is 4.57 Å². The molecule has 0 fully saturated rings. The van der Waals surface area contributed by atoms with Crippen LogP contribution >= 0.6 is 0 Å². The van der Waals surface area contributed by atoms with Gasteiger partial charge in [-0.2, -0.15) is 0 Å². The summed E-state index contributed by atoms with van der Waals surface area (Å²) in [5, 5.41) is 0. The molecule has 0 radical (unpaired) electrons. The number of nitrogens with zero attached hydrogens (tertiary/aromatic N) is 2. The highest BCUT2D eigenvalue weighted by atomic mass is 15.1. The number of aryl methyl sites for hydroxylation is 1. The van der Waals surface area contributed by atoms with E-state index in [2.05, 4.69) is 78.3 Å². The molecule has 2 aromatic carbocycles. The minimum Gasteiger partial charge on any atom is -0.295 e. The zero-order valence-electron chi connectivity index (χ0n) is 12.4. The van der Waals surface area contributed by atoms with Crippen molar-refractivity contribution in [3.63, 3.8) is 0 Å². The fraction of sp³-hybridized carbons (Fsp3) is 0.150. The van der Waals surface area contributed by atoms with Gasteiger partial charge in [0.05, 0.1) is 16.7 Å². The second-order valence-electron chi connectivity index (χ2n) is 6.18. The van der Waals surface area contributed by atoms with E-state index < -0.39 is 0 Å². The number of benzene rings is 2. The van der Waals surface area contributed by atoms with Crippen LogP contribution in [0, 0.1) is 6.92 Å². The second kappa shape index (κ2) is 4.20. The van der Waals surface area contributed by atoms with Gasteiger partial charge < -0.3 is 0 Å². The lowest BCUT2D eigenvalue weighted by atomic mass is 9.79. The molecule has 2 unspecified atom stereocenters. The van der Waals surface area contributed by atoms with Crippen LogP contribution in [0.2, 0.25) is 0 Å². The van der Waals surface area contributed by atoms with Gasteiger partial charge >= 0.3 is 0 Å². The minimum atomic E-state index is 0.326. The number of para-hydroxylation sites is 2. The third kappa shape index (κ3) is 1.47. The quantitative estimate of drug-likeness (QED) is 0.588. The van der Waals surface area contributed by atoms with Crippen LogP contribution in [0.25, 0.3) is 16.7 Å². The summed E-state index contributed by atoms with van der Waals surface area (Å²) in [5.74, 6) is 1.88. The van der Waals surface area contributed by atoms with Crippen molar-refractivity contribution in [3.05, 3.63) is 83.7 Å². The zero-order valence-corrected chi connectivity index (χ0v) is 12.4. The number of hydrogen-bond donors (Lipinski definition) is 0. The molecule has 0 saturated heterocycles. The Morgan fingerprint density at radius 1 is 0.955 bits per heavy atom. The Bertz CT molecular complexity index is 959. The van der Waals surface area contributed by atoms with Gasteiger partial charge in [0.25, 0.3) is 0 Å². The van der Waals surface area contributed by atoms with Gasteiger partial charge in [-0.15, -0.1) is 0 Å². The summed E-state index contributed by atoms with van der Waals surface area (Å²) in [6.07, 6.45) is 8.89. The first-order valence-electron chi connectivity index (χ1n) is 7.76. The minimum absolute atomic E-state index is 0.326. The topological polar surface area (TPSA) is 17.8 Å². The van der Waals surface area contributed by atoms with Gasteiger partial charge in [0.2, 0.25) is 0 Å². The van der Waals surface area contributed by atoms with E-state index in [0.717, 1.165) is 11.3 Å². The first-order chi connectivity index (χ1) is 10.8. The van der Waals surface area contributed by atoms with Crippen LogP contribution in [0.5, 0.6) is 0 Å². The average Bonchev–Trinajstić information content (AvgIpc) is 2.95. The number of imidazole rings is 1. The van der Waals surface area contributed by atoms with Gasteiger partial charge in [0, 0.05) is 11.8 Å². The summed E-state index contributed by atoms with van der Waals surface area (Å²) in [6.45, 7) is 2.15. The highest BCUT2D eigenvalue weighted by molar-refractivity contribution is 5.80. The Hall–Kier alpha value is -2.61. The molecule has 1 aliphatic heterocycles. The SMILES string of the molecule is Cc1ccc2c(c1)-n1c(nc3ccccc31)C1C=CC=CC21. The molecule has 1 aromatic heterocycles. The Balaban J connectivity index is 1.93. The van der Waals surface area contributed by atoms with Crippen LogP contribution in [0.1, 0.15) is 28.8 Å². The smallest absolute Gasteiger partial charge is 0.122 e. The summed E-state index contributed by atoms with van der Waals surface area (Å²) in [4.78, 5) is 4.94. The van der Waals surface area contributed by atoms with E-state index in [1.165, 1.54) is 22.3 Å². The van der Waals surface area contributed by atoms with E-state index in [1.54, 1.807) is 0 Å². The van der Waals surface area contributed by atoms with E-state index in [4.69, 9.17) is 4.98 Å². The van der Waals surface area contributed by atoms with Crippen molar-refractivity contribution in [2.75, 3.05) is 0 Å². The Kier molecular flexibility index (Phi) is 2.29. The molecule has 22 heavy (non-hydrogen) atoms. The van der Waals surface area contributed by atoms with Crippen molar-refractivity contribution >= 4 is 11.0 Å². The summed E-state index contributed by atoms with van der Waals surface area (Å²) in [7, 11) is 0. The molecule has 0 saturated carbocycles. The zero-order chi connectivity index (χ0) is 14.7. The fourth-order valence-corrected chi connectivity index (χ4v) is 3.80. The third-order valence-electron chi connectivity index (χ3n) is 4.81. The van der Waals surface area contributed by atoms with E-state index >= 15 is 0 Å². The van der Waals surface area contributed by atoms with Gasteiger partial charge in [0.1, 0.15) is 5.82 Å². The molecule has 5 rings (SSSR count). The summed E-state index contributed by atoms with van der Waals surface area (Å²) >= 11 is 0. The number of hydrogen-bond acceptors (Lipinski definition) is 1. The first kappa shape index (κ1) is 12.0. The maximum absolute atomic E-state index is 4.94. The molecule has 0 N–H and O–H groups in total. The molecule has 2 aliphatic rings. The molecular weight excluding hydrogens is 268 g/mol. The van der Waals surface area contributed by atoms with Crippen molar-refractivity contribution in [2.24, 2.45) is 0 Å². The van der Waals surface area contributed by atoms with Crippen molar-refractivity contribution in [1.29, 1.82) is 0 Å². The van der Waals surface area contributed by atoms with Crippen LogP contribution in [0.4, 0.5) is 0 Å². The highest BCUT2D eigenvalue weighted by Crippen LogP contribution is 2.46. The first-order valence-corrected chi connectivity index (χ1v) is 7.76. The van der Waals surface area contributed by atoms with Crippen molar-refractivity contribution in [3.8, 4) is 5.69 Å². The Labute approximate surface area is 129 Å². The van der Waals surface area contributed by atoms with Crippen LogP contribution < -0.4 is 0 Å². The van der Waals surface area contributed by atoms with E-state index in [0.29, 0.717) is 11.8 Å². The summed E-state index contributed by atoms with van der Waals surface area (Å²) in [5.41, 5.74) is 6.24. The molecule has 2 heteroatoms. The fourth-order valence-electron chi connectivity index (χ4n) is 3.80. The van der Waals surface area contributed by atoms with Gasteiger partial charge in [-0.1, -0.05) is 48.6 Å². The Morgan fingerprint density at radius 3 is 2.68 bits per heavy atom. The van der Waals surface area contributed by atoms with E-state index in [-0.39, 0.29) is 0 Å². The highest BCUT2D eigenvalue weighted by Gasteiger charge is 2.34. The van der Waals surface area contributed by atoms with Crippen molar-refractivity contribution < 1.29 is 0 Å². The van der Waals surface area contributed by atoms with Crippen LogP contribution in [0.3, 0.4) is 0 Å². The van der Waals surface area contributed by atoms with Crippen LogP contribution in [-0.4, -0.2) is 9.55 Å².